The quantitative estimate of drug-likeness (QED) is 0.360. The summed E-state index contributed by atoms with van der Waals surface area (Å²) in [5.74, 6) is -0.351. The van der Waals surface area contributed by atoms with Gasteiger partial charge in [0.1, 0.15) is 24.4 Å². The third-order valence-electron chi connectivity index (χ3n) is 3.78. The zero-order valence-electron chi connectivity index (χ0n) is 13.5. The Morgan fingerprint density at radius 3 is 2.44 bits per heavy atom. The van der Waals surface area contributed by atoms with Crippen molar-refractivity contribution in [3.8, 4) is 17.2 Å². The summed E-state index contributed by atoms with van der Waals surface area (Å²) in [6.07, 6.45) is -4.29. The number of hydrogen-bond acceptors (Lipinski definition) is 9. The first-order valence-corrected chi connectivity index (χ1v) is 7.58. The van der Waals surface area contributed by atoms with Gasteiger partial charge < -0.3 is 44.8 Å². The van der Waals surface area contributed by atoms with Crippen molar-refractivity contribution in [2.24, 2.45) is 0 Å². The number of aliphatic hydroxyl groups excluding tert-OH is 5. The van der Waals surface area contributed by atoms with Gasteiger partial charge in [0, 0.05) is 0 Å². The largest absolute Gasteiger partial charge is 0.504 e. The SMILES string of the molecule is COc1cc(C=CCO)cc(O)c1O[C@@H]1O[C@H](CO)[C@@H](O)[C@H](O)[C@H]1O. The number of aromatic hydroxyl groups is 1. The lowest BCUT2D eigenvalue weighted by Gasteiger charge is -2.39. The van der Waals surface area contributed by atoms with Gasteiger partial charge in [-0.3, -0.25) is 0 Å². The smallest absolute Gasteiger partial charge is 0.229 e. The minimum absolute atomic E-state index is 0.120. The van der Waals surface area contributed by atoms with E-state index in [1.54, 1.807) is 6.08 Å². The van der Waals surface area contributed by atoms with Gasteiger partial charge in [-0.1, -0.05) is 12.2 Å². The van der Waals surface area contributed by atoms with Crippen LogP contribution in [0.3, 0.4) is 0 Å². The van der Waals surface area contributed by atoms with E-state index in [4.69, 9.17) is 19.3 Å². The number of ether oxygens (including phenoxy) is 3. The van der Waals surface area contributed by atoms with Crippen LogP contribution in [0.15, 0.2) is 18.2 Å². The van der Waals surface area contributed by atoms with Crippen molar-refractivity contribution in [3.63, 3.8) is 0 Å². The van der Waals surface area contributed by atoms with Crippen LogP contribution < -0.4 is 9.47 Å². The van der Waals surface area contributed by atoms with Gasteiger partial charge in [0.25, 0.3) is 0 Å². The van der Waals surface area contributed by atoms with Crippen molar-refractivity contribution in [2.45, 2.75) is 30.7 Å². The third-order valence-corrected chi connectivity index (χ3v) is 3.78. The molecule has 1 aromatic carbocycles. The summed E-state index contributed by atoms with van der Waals surface area (Å²) in [5, 5.41) is 57.7. The van der Waals surface area contributed by atoms with Gasteiger partial charge in [0.15, 0.2) is 11.5 Å². The molecule has 0 aliphatic carbocycles. The van der Waals surface area contributed by atoms with Crippen molar-refractivity contribution in [1.29, 1.82) is 0 Å². The maximum atomic E-state index is 10.2. The van der Waals surface area contributed by atoms with Gasteiger partial charge in [-0.15, -0.1) is 0 Å². The molecule has 5 atom stereocenters. The molecule has 0 unspecified atom stereocenters. The highest BCUT2D eigenvalue weighted by molar-refractivity contribution is 5.61. The Morgan fingerprint density at radius 1 is 1.12 bits per heavy atom. The monoisotopic (exact) mass is 358 g/mol. The minimum atomic E-state index is -1.61. The van der Waals surface area contributed by atoms with E-state index in [0.29, 0.717) is 5.56 Å². The van der Waals surface area contributed by atoms with Crippen LogP contribution in [0.2, 0.25) is 0 Å². The summed E-state index contributed by atoms with van der Waals surface area (Å²) in [7, 11) is 1.34. The number of phenolic OH excluding ortho intramolecular Hbond substituents is 1. The van der Waals surface area contributed by atoms with E-state index in [0.717, 1.165) is 0 Å². The average Bonchev–Trinajstić information content (AvgIpc) is 2.61. The number of rotatable bonds is 6. The van der Waals surface area contributed by atoms with Crippen LogP contribution in [0.4, 0.5) is 0 Å². The predicted molar refractivity (Wildman–Crippen MR) is 85.2 cm³/mol. The first kappa shape index (κ1) is 19.4. The van der Waals surface area contributed by atoms with Crippen molar-refractivity contribution < 1.29 is 44.8 Å². The van der Waals surface area contributed by atoms with Gasteiger partial charge in [0.2, 0.25) is 12.0 Å². The maximum absolute atomic E-state index is 10.2. The molecule has 1 fully saturated rings. The normalized spacial score (nSPS) is 29.8. The Bertz CT molecular complexity index is 602. The summed E-state index contributed by atoms with van der Waals surface area (Å²) in [6, 6.07) is 2.86. The Hall–Kier alpha value is -1.88. The molecule has 0 saturated carbocycles. The molecule has 1 saturated heterocycles. The second-order valence-electron chi connectivity index (χ2n) is 5.47. The highest BCUT2D eigenvalue weighted by Gasteiger charge is 2.45. The van der Waals surface area contributed by atoms with Crippen LogP contribution in [0.25, 0.3) is 6.08 Å². The molecule has 9 heteroatoms. The van der Waals surface area contributed by atoms with Gasteiger partial charge in [-0.2, -0.15) is 0 Å². The van der Waals surface area contributed by atoms with Gasteiger partial charge in [-0.05, 0) is 17.7 Å². The Kier molecular flexibility index (Phi) is 6.59. The fraction of sp³-hybridized carbons (Fsp3) is 0.500. The second kappa shape index (κ2) is 8.48. The molecule has 25 heavy (non-hydrogen) atoms. The number of benzene rings is 1. The second-order valence-corrected chi connectivity index (χ2v) is 5.47. The topological polar surface area (TPSA) is 149 Å². The lowest BCUT2D eigenvalue weighted by molar-refractivity contribution is -0.277. The number of methoxy groups -OCH3 is 1. The molecular formula is C16H22O9. The zero-order valence-corrected chi connectivity index (χ0v) is 13.5. The molecule has 0 bridgehead atoms. The van der Waals surface area contributed by atoms with E-state index < -0.39 is 37.3 Å². The van der Waals surface area contributed by atoms with Gasteiger partial charge in [-0.25, -0.2) is 0 Å². The van der Waals surface area contributed by atoms with Gasteiger partial charge in [0.05, 0.1) is 20.3 Å². The fourth-order valence-corrected chi connectivity index (χ4v) is 2.44. The predicted octanol–water partition coefficient (Wildman–Crippen LogP) is -1.42. The van der Waals surface area contributed by atoms with E-state index in [2.05, 4.69) is 0 Å². The molecule has 9 nitrogen and oxygen atoms in total. The van der Waals surface area contributed by atoms with Crippen molar-refractivity contribution in [2.75, 3.05) is 20.3 Å². The van der Waals surface area contributed by atoms with Crippen LogP contribution in [-0.4, -0.2) is 81.7 Å². The average molecular weight is 358 g/mol. The van der Waals surface area contributed by atoms with Crippen molar-refractivity contribution >= 4 is 6.08 Å². The lowest BCUT2D eigenvalue weighted by Crippen LogP contribution is -2.60. The Morgan fingerprint density at radius 2 is 1.84 bits per heavy atom. The molecule has 0 amide bonds. The van der Waals surface area contributed by atoms with Crippen LogP contribution in [-0.2, 0) is 4.74 Å². The molecule has 2 rings (SSSR count). The molecule has 140 valence electrons. The molecule has 0 aromatic heterocycles. The summed E-state index contributed by atoms with van der Waals surface area (Å²) in [5.41, 5.74) is 0.532. The van der Waals surface area contributed by atoms with Crippen LogP contribution in [0.5, 0.6) is 17.2 Å². The first-order chi connectivity index (χ1) is 11.9. The third kappa shape index (κ3) is 4.21. The molecule has 1 aliphatic rings. The molecule has 6 N–H and O–H groups in total. The highest BCUT2D eigenvalue weighted by Crippen LogP contribution is 2.40. The number of aliphatic hydroxyl groups is 5. The molecule has 1 aliphatic heterocycles. The van der Waals surface area contributed by atoms with E-state index in [1.807, 2.05) is 0 Å². The van der Waals surface area contributed by atoms with Gasteiger partial charge >= 0.3 is 0 Å². The fourth-order valence-electron chi connectivity index (χ4n) is 2.44. The molecule has 0 radical (unpaired) electrons. The summed E-state index contributed by atoms with van der Waals surface area (Å²) in [6.45, 7) is -0.773. The Labute approximate surface area is 143 Å². The maximum Gasteiger partial charge on any atom is 0.229 e. The summed E-state index contributed by atoms with van der Waals surface area (Å²) < 4.78 is 15.8. The Balaban J connectivity index is 2.28. The molecule has 1 heterocycles. The van der Waals surface area contributed by atoms with Crippen LogP contribution >= 0.6 is 0 Å². The lowest BCUT2D eigenvalue weighted by atomic mass is 9.99. The standard InChI is InChI=1S/C16H22O9/c1-23-10-6-8(3-2-4-17)5-9(19)15(10)25-16-14(22)13(21)12(20)11(7-18)24-16/h2-3,5-6,11-14,16-22H,4,7H2,1H3/t11-,12-,13+,14-,16+/m1/s1. The van der Waals surface area contributed by atoms with Crippen molar-refractivity contribution in [3.05, 3.63) is 23.8 Å². The van der Waals surface area contributed by atoms with E-state index in [1.165, 1.54) is 25.3 Å². The molecular weight excluding hydrogens is 336 g/mol. The van der Waals surface area contributed by atoms with Crippen molar-refractivity contribution in [1.82, 2.24) is 0 Å². The summed E-state index contributed by atoms with van der Waals surface area (Å²) >= 11 is 0. The minimum Gasteiger partial charge on any atom is -0.504 e. The van der Waals surface area contributed by atoms with E-state index in [-0.39, 0.29) is 23.9 Å². The molecule has 0 spiro atoms. The zero-order chi connectivity index (χ0) is 18.6. The summed E-state index contributed by atoms with van der Waals surface area (Å²) in [4.78, 5) is 0. The first-order valence-electron chi connectivity index (χ1n) is 7.58. The number of phenols is 1. The van der Waals surface area contributed by atoms with Crippen LogP contribution in [0.1, 0.15) is 5.56 Å². The van der Waals surface area contributed by atoms with E-state index in [9.17, 15) is 25.5 Å². The van der Waals surface area contributed by atoms with Crippen LogP contribution in [0, 0.1) is 0 Å². The number of hydrogen-bond donors (Lipinski definition) is 6. The highest BCUT2D eigenvalue weighted by atomic mass is 16.7. The molecule has 1 aromatic rings. The van der Waals surface area contributed by atoms with E-state index >= 15 is 0 Å².